The summed E-state index contributed by atoms with van der Waals surface area (Å²) in [6, 6.07) is 15.7. The van der Waals surface area contributed by atoms with Crippen LogP contribution in [0.4, 0.5) is 0 Å². The van der Waals surface area contributed by atoms with Crippen LogP contribution in [0.25, 0.3) is 6.08 Å². The highest BCUT2D eigenvalue weighted by Gasteiger charge is 2.37. The average molecular weight is 382 g/mol. The molecule has 0 aliphatic carbocycles. The normalized spacial score (nSPS) is 17.0. The molecule has 1 saturated heterocycles. The lowest BCUT2D eigenvalue weighted by Crippen LogP contribution is -2.51. The molecule has 1 aliphatic heterocycles. The van der Waals surface area contributed by atoms with Crippen LogP contribution in [0.5, 0.6) is 0 Å². The van der Waals surface area contributed by atoms with Gasteiger partial charge in [-0.05, 0) is 30.5 Å². The summed E-state index contributed by atoms with van der Waals surface area (Å²) in [6.45, 7) is 1.98. The fraction of sp³-hybridized carbons (Fsp3) is 0.150. The van der Waals surface area contributed by atoms with Crippen molar-refractivity contribution >= 4 is 46.3 Å². The van der Waals surface area contributed by atoms with Crippen LogP contribution >= 0.6 is 24.0 Å². The number of aryl methyl sites for hydroxylation is 1. The van der Waals surface area contributed by atoms with E-state index in [0.717, 1.165) is 33.4 Å². The Morgan fingerprint density at radius 2 is 1.85 bits per heavy atom. The van der Waals surface area contributed by atoms with Crippen LogP contribution in [-0.4, -0.2) is 27.1 Å². The number of rotatable bonds is 5. The third-order valence-corrected chi connectivity index (χ3v) is 5.38. The molecular weight excluding hydrogens is 366 g/mol. The number of carboxylic acid groups (broad SMARTS) is 1. The minimum atomic E-state index is -1.32. The summed E-state index contributed by atoms with van der Waals surface area (Å²) in [6.07, 6.45) is 1.88. The summed E-state index contributed by atoms with van der Waals surface area (Å²) in [4.78, 5) is 26.0. The zero-order chi connectivity index (χ0) is 18.7. The predicted octanol–water partition coefficient (Wildman–Crippen LogP) is 2.56. The molecule has 1 atom stereocenters. The Morgan fingerprint density at radius 1 is 1.19 bits per heavy atom. The van der Waals surface area contributed by atoms with E-state index in [4.69, 9.17) is 12.2 Å². The van der Waals surface area contributed by atoms with Gasteiger partial charge in [-0.25, -0.2) is 0 Å². The van der Waals surface area contributed by atoms with Crippen LogP contribution in [0.3, 0.4) is 0 Å². The van der Waals surface area contributed by atoms with Crippen LogP contribution < -0.4 is 5.11 Å². The molecule has 3 rings (SSSR count). The smallest absolute Gasteiger partial charge is 0.266 e. The molecule has 26 heavy (non-hydrogen) atoms. The molecule has 1 unspecified atom stereocenters. The summed E-state index contributed by atoms with van der Waals surface area (Å²) in [5.41, 5.74) is 2.79. The van der Waals surface area contributed by atoms with Gasteiger partial charge in [0.1, 0.15) is 4.32 Å². The van der Waals surface area contributed by atoms with Gasteiger partial charge in [-0.1, -0.05) is 84.1 Å². The van der Waals surface area contributed by atoms with Gasteiger partial charge in [-0.15, -0.1) is 0 Å². The lowest BCUT2D eigenvalue weighted by molar-refractivity contribution is -0.310. The number of thioether (sulfide) groups is 1. The zero-order valence-electron chi connectivity index (χ0n) is 14.0. The van der Waals surface area contributed by atoms with Gasteiger partial charge in [0.2, 0.25) is 0 Å². The number of carbonyl (C=O) groups excluding carboxylic acids is 2. The van der Waals surface area contributed by atoms with Crippen molar-refractivity contribution in [2.75, 3.05) is 0 Å². The van der Waals surface area contributed by atoms with Crippen molar-refractivity contribution in [3.05, 3.63) is 76.2 Å². The Morgan fingerprint density at radius 3 is 2.46 bits per heavy atom. The van der Waals surface area contributed by atoms with Gasteiger partial charge in [0, 0.05) is 0 Å². The van der Waals surface area contributed by atoms with E-state index in [9.17, 15) is 14.7 Å². The summed E-state index contributed by atoms with van der Waals surface area (Å²) in [7, 11) is 0. The first kappa shape index (κ1) is 18.4. The van der Waals surface area contributed by atoms with E-state index in [2.05, 4.69) is 0 Å². The van der Waals surface area contributed by atoms with E-state index in [-0.39, 0.29) is 10.7 Å². The maximum absolute atomic E-state index is 12.8. The number of hydrogen-bond acceptors (Lipinski definition) is 5. The number of carboxylic acids is 1. The van der Waals surface area contributed by atoms with Crippen LogP contribution in [0.2, 0.25) is 0 Å². The van der Waals surface area contributed by atoms with Crippen molar-refractivity contribution in [3.8, 4) is 0 Å². The molecule has 0 saturated carbocycles. The molecule has 0 bridgehead atoms. The molecule has 0 aromatic heterocycles. The van der Waals surface area contributed by atoms with Crippen LogP contribution in [0.1, 0.15) is 16.7 Å². The zero-order valence-corrected chi connectivity index (χ0v) is 15.7. The first-order valence-corrected chi connectivity index (χ1v) is 9.26. The third kappa shape index (κ3) is 4.03. The second-order valence-electron chi connectivity index (χ2n) is 5.99. The fourth-order valence-electron chi connectivity index (χ4n) is 2.68. The molecule has 1 aliphatic rings. The predicted molar refractivity (Wildman–Crippen MR) is 105 cm³/mol. The monoisotopic (exact) mass is 382 g/mol. The van der Waals surface area contributed by atoms with Crippen LogP contribution in [-0.2, 0) is 16.0 Å². The van der Waals surface area contributed by atoms with Gasteiger partial charge in [0.25, 0.3) is 5.91 Å². The van der Waals surface area contributed by atoms with Gasteiger partial charge >= 0.3 is 0 Å². The second kappa shape index (κ2) is 7.85. The summed E-state index contributed by atoms with van der Waals surface area (Å²) < 4.78 is 0.235. The fourth-order valence-corrected chi connectivity index (χ4v) is 4.04. The van der Waals surface area contributed by atoms with E-state index in [1.807, 2.05) is 61.5 Å². The van der Waals surface area contributed by atoms with Gasteiger partial charge in [0.05, 0.1) is 16.9 Å². The molecule has 0 N–H and O–H groups in total. The first-order chi connectivity index (χ1) is 12.5. The maximum Gasteiger partial charge on any atom is 0.266 e. The summed E-state index contributed by atoms with van der Waals surface area (Å²) >= 11 is 6.39. The standard InChI is InChI=1S/C20H17NO3S2/c1-13-7-9-15(10-8-13)12-17-18(22)21(20(25)26-17)16(19(23)24)11-14-5-3-2-4-6-14/h2-10,12,16H,11H2,1H3,(H,23,24)/p-1. The Balaban J connectivity index is 1.86. The molecule has 6 heteroatoms. The van der Waals surface area contributed by atoms with Gasteiger partial charge in [-0.2, -0.15) is 0 Å². The van der Waals surface area contributed by atoms with Crippen LogP contribution in [0, 0.1) is 6.92 Å². The second-order valence-corrected chi connectivity index (χ2v) is 7.66. The molecule has 2 aromatic carbocycles. The number of hydrogen-bond donors (Lipinski definition) is 0. The van der Waals surface area contributed by atoms with Crippen molar-refractivity contribution in [1.82, 2.24) is 4.90 Å². The number of aliphatic carboxylic acids is 1. The van der Waals surface area contributed by atoms with Crippen molar-refractivity contribution in [2.24, 2.45) is 0 Å². The number of nitrogens with zero attached hydrogens (tertiary/aromatic N) is 1. The van der Waals surface area contributed by atoms with E-state index in [1.165, 1.54) is 0 Å². The Kier molecular flexibility index (Phi) is 5.54. The van der Waals surface area contributed by atoms with Crippen LogP contribution in [0.15, 0.2) is 59.5 Å². The van der Waals surface area contributed by atoms with E-state index < -0.39 is 17.9 Å². The highest BCUT2D eigenvalue weighted by atomic mass is 32.2. The lowest BCUT2D eigenvalue weighted by Gasteiger charge is -2.27. The number of thiocarbonyl (C=S) groups is 1. The largest absolute Gasteiger partial charge is 0.548 e. The molecule has 0 radical (unpaired) electrons. The molecule has 4 nitrogen and oxygen atoms in total. The summed E-state index contributed by atoms with van der Waals surface area (Å²) in [5.74, 6) is -1.72. The molecule has 132 valence electrons. The highest BCUT2D eigenvalue weighted by molar-refractivity contribution is 8.26. The Bertz CT molecular complexity index is 876. The molecule has 1 heterocycles. The quantitative estimate of drug-likeness (QED) is 0.588. The summed E-state index contributed by atoms with van der Waals surface area (Å²) in [5, 5.41) is 11.7. The maximum atomic E-state index is 12.8. The lowest BCUT2D eigenvalue weighted by atomic mass is 10.0. The highest BCUT2D eigenvalue weighted by Crippen LogP contribution is 2.34. The number of amides is 1. The first-order valence-electron chi connectivity index (χ1n) is 8.04. The molecular formula is C20H16NO3S2-. The molecule has 1 fully saturated rings. The third-order valence-electron chi connectivity index (χ3n) is 4.05. The van der Waals surface area contributed by atoms with Gasteiger partial charge in [-0.3, -0.25) is 9.69 Å². The van der Waals surface area contributed by atoms with Crippen molar-refractivity contribution in [2.45, 2.75) is 19.4 Å². The number of benzene rings is 2. The van der Waals surface area contributed by atoms with Crippen molar-refractivity contribution in [3.63, 3.8) is 0 Å². The van der Waals surface area contributed by atoms with E-state index in [0.29, 0.717) is 4.91 Å². The Hall–Kier alpha value is -2.44. The van der Waals surface area contributed by atoms with E-state index >= 15 is 0 Å². The van der Waals surface area contributed by atoms with Gasteiger partial charge < -0.3 is 9.90 Å². The van der Waals surface area contributed by atoms with Gasteiger partial charge in [0.15, 0.2) is 0 Å². The van der Waals surface area contributed by atoms with Crippen molar-refractivity contribution < 1.29 is 14.7 Å². The topological polar surface area (TPSA) is 60.4 Å². The molecule has 1 amide bonds. The minimum absolute atomic E-state index is 0.146. The average Bonchev–Trinajstić information content (AvgIpc) is 2.89. The SMILES string of the molecule is Cc1ccc(C=C2SC(=S)N(C(Cc3ccccc3)C(=O)[O-])C2=O)cc1. The van der Waals surface area contributed by atoms with E-state index in [1.54, 1.807) is 6.08 Å². The van der Waals surface area contributed by atoms with Crippen molar-refractivity contribution in [1.29, 1.82) is 0 Å². The number of carbonyl (C=O) groups is 2. The Labute approximate surface area is 161 Å². The minimum Gasteiger partial charge on any atom is -0.548 e. The molecule has 0 spiro atoms. The molecule has 2 aromatic rings.